The first-order valence-corrected chi connectivity index (χ1v) is 18.1. The normalized spacial score (nSPS) is 18.2. The van der Waals surface area contributed by atoms with Crippen molar-refractivity contribution in [1.82, 2.24) is 44.6 Å². The van der Waals surface area contributed by atoms with Crippen molar-refractivity contribution in [2.75, 3.05) is 26.2 Å². The molecule has 3 aromatic heterocycles. The van der Waals surface area contributed by atoms with Crippen LogP contribution in [0, 0.1) is 12.8 Å². The van der Waals surface area contributed by atoms with Crippen LogP contribution in [0.15, 0.2) is 79.4 Å². The van der Waals surface area contributed by atoms with Crippen LogP contribution in [0.1, 0.15) is 81.8 Å². The number of rotatable bonds is 11. The van der Waals surface area contributed by atoms with E-state index in [4.69, 9.17) is 4.98 Å². The Bertz CT molecular complexity index is 1930. The van der Waals surface area contributed by atoms with Crippen LogP contribution in [0.3, 0.4) is 0 Å². The van der Waals surface area contributed by atoms with E-state index in [-0.39, 0.29) is 35.9 Å². The summed E-state index contributed by atoms with van der Waals surface area (Å²) in [5.41, 5.74) is 5.46. The van der Waals surface area contributed by atoms with Gasteiger partial charge in [-0.15, -0.1) is 0 Å². The quantitative estimate of drug-likeness (QED) is 0.157. The molecule has 2 aliphatic heterocycles. The average Bonchev–Trinajstić information content (AvgIpc) is 4.00. The van der Waals surface area contributed by atoms with E-state index < -0.39 is 0 Å². The van der Waals surface area contributed by atoms with Crippen LogP contribution < -0.4 is 0 Å². The fourth-order valence-corrected chi connectivity index (χ4v) is 7.52. The zero-order chi connectivity index (χ0) is 35.5. The summed E-state index contributed by atoms with van der Waals surface area (Å²) in [6.45, 7) is 13.0. The summed E-state index contributed by atoms with van der Waals surface area (Å²) in [7, 11) is 0. The van der Waals surface area contributed by atoms with Gasteiger partial charge in [0.25, 0.3) is 0 Å². The summed E-state index contributed by atoms with van der Waals surface area (Å²) in [4.78, 5) is 58.5. The van der Waals surface area contributed by atoms with E-state index in [1.54, 1.807) is 18.6 Å². The smallest absolute Gasteiger partial charge is 0.245 e. The third kappa shape index (κ3) is 6.95. The predicted molar refractivity (Wildman–Crippen MR) is 197 cm³/mol. The maximum Gasteiger partial charge on any atom is 0.245 e. The molecule has 263 valence electrons. The molecule has 1 radical (unpaired) electrons. The Kier molecular flexibility index (Phi) is 10.1. The molecule has 0 bridgehead atoms. The zero-order valence-electron chi connectivity index (χ0n) is 29.6. The third-order valence-corrected chi connectivity index (χ3v) is 10.3. The fraction of sp³-hybridized carbons (Fsp3) is 0.375. The first kappa shape index (κ1) is 34.3. The number of nitrogens with zero attached hydrogens (tertiary/aromatic N) is 7. The number of hydrogen-bond donors (Lipinski definition) is 2. The van der Waals surface area contributed by atoms with E-state index >= 15 is 0 Å². The summed E-state index contributed by atoms with van der Waals surface area (Å²) >= 11 is 0. The van der Waals surface area contributed by atoms with Gasteiger partial charge in [0.2, 0.25) is 11.8 Å². The van der Waals surface area contributed by atoms with Gasteiger partial charge in [0, 0.05) is 42.5 Å². The number of carbonyl (C=O) groups is 2. The summed E-state index contributed by atoms with van der Waals surface area (Å²) in [6, 6.07) is 17.7. The van der Waals surface area contributed by atoms with E-state index in [1.807, 2.05) is 65.4 Å². The molecule has 0 saturated carbocycles. The van der Waals surface area contributed by atoms with Crippen molar-refractivity contribution in [3.05, 3.63) is 104 Å². The number of nitrogens with one attached hydrogen (secondary N) is 2. The third-order valence-electron chi connectivity index (χ3n) is 10.3. The maximum atomic E-state index is 14.2. The van der Waals surface area contributed by atoms with Gasteiger partial charge in [-0.05, 0) is 56.8 Å². The van der Waals surface area contributed by atoms with Gasteiger partial charge in [0.15, 0.2) is 5.82 Å². The highest BCUT2D eigenvalue weighted by molar-refractivity contribution is 5.84. The summed E-state index contributed by atoms with van der Waals surface area (Å²) in [6.07, 6.45) is 10.9. The molecule has 2 fully saturated rings. The Morgan fingerprint density at radius 2 is 1.27 bits per heavy atom. The second kappa shape index (κ2) is 15.0. The number of likely N-dealkylation sites (N-methyl/N-ethyl adjacent to an activating group) is 1. The molecular formula is C40H46N9O2. The number of likely N-dealkylation sites (tertiary alicyclic amines) is 2. The molecule has 2 amide bonds. The van der Waals surface area contributed by atoms with Gasteiger partial charge in [0.1, 0.15) is 17.7 Å². The van der Waals surface area contributed by atoms with E-state index in [0.29, 0.717) is 5.82 Å². The number of carbonyl (C=O) groups excluding carboxylic acids is 2. The van der Waals surface area contributed by atoms with Crippen LogP contribution in [0.4, 0.5) is 0 Å². The molecule has 11 nitrogen and oxygen atoms in total. The predicted octanol–water partition coefficient (Wildman–Crippen LogP) is 6.80. The number of amides is 2. The number of aromatic nitrogens is 6. The van der Waals surface area contributed by atoms with Crippen LogP contribution in [-0.2, 0) is 9.59 Å². The van der Waals surface area contributed by atoms with E-state index in [1.165, 1.54) is 0 Å². The minimum atomic E-state index is -0.320. The minimum Gasteiger partial charge on any atom is -0.340 e. The summed E-state index contributed by atoms with van der Waals surface area (Å²) < 4.78 is 0. The molecular weight excluding hydrogens is 639 g/mol. The van der Waals surface area contributed by atoms with Crippen LogP contribution in [0.25, 0.3) is 33.9 Å². The molecule has 11 heteroatoms. The lowest BCUT2D eigenvalue weighted by Crippen LogP contribution is -2.43. The SMILES string of the molecule is [CH2][C@@H](C)C(=O)N1CCC[C@H]1c1ncc(-c2cnc(-c3ccc(-c4cnc([C@@H]5CCCN5C(=O)[C@@H](c5ccccc5)N(CC)CC)[nH]4)cc3)nc2)[nH]1. The Hall–Kier alpha value is -5.16. The molecule has 5 aromatic rings. The van der Waals surface area contributed by atoms with Gasteiger partial charge in [-0.1, -0.05) is 75.4 Å². The number of aromatic amines is 2. The van der Waals surface area contributed by atoms with Crippen LogP contribution in [-0.4, -0.2) is 82.6 Å². The zero-order valence-corrected chi connectivity index (χ0v) is 29.6. The van der Waals surface area contributed by atoms with Gasteiger partial charge in [-0.25, -0.2) is 19.9 Å². The number of benzene rings is 2. The molecule has 2 aromatic carbocycles. The number of imidazole rings is 2. The first-order chi connectivity index (χ1) is 24.9. The molecule has 51 heavy (non-hydrogen) atoms. The van der Waals surface area contributed by atoms with E-state index in [2.05, 4.69) is 62.7 Å². The van der Waals surface area contributed by atoms with Crippen molar-refractivity contribution in [3.63, 3.8) is 0 Å². The van der Waals surface area contributed by atoms with Gasteiger partial charge >= 0.3 is 0 Å². The summed E-state index contributed by atoms with van der Waals surface area (Å²) in [5, 5.41) is 0. The lowest BCUT2D eigenvalue weighted by atomic mass is 10.0. The molecule has 2 N–H and O–H groups in total. The second-order valence-electron chi connectivity index (χ2n) is 13.6. The van der Waals surface area contributed by atoms with Crippen molar-refractivity contribution in [3.8, 4) is 33.9 Å². The van der Waals surface area contributed by atoms with Crippen molar-refractivity contribution in [2.24, 2.45) is 5.92 Å². The van der Waals surface area contributed by atoms with Crippen LogP contribution >= 0.6 is 0 Å². The van der Waals surface area contributed by atoms with Gasteiger partial charge in [-0.3, -0.25) is 14.5 Å². The molecule has 0 aliphatic carbocycles. The maximum absolute atomic E-state index is 14.2. The topological polar surface area (TPSA) is 127 Å². The van der Waals surface area contributed by atoms with E-state index in [0.717, 1.165) is 97.2 Å². The largest absolute Gasteiger partial charge is 0.340 e. The Balaban J connectivity index is 1.03. The first-order valence-electron chi connectivity index (χ1n) is 18.1. The standard InChI is InChI=1S/C40H46N9O2/c1-5-47(6-2)35(28-12-8-7-9-13-28)40(51)49-21-11-15-34(49)38-43-24-31(45-38)27-16-18-29(19-17-27)36-41-22-30(23-42-36)32-25-44-37(46-32)33-14-10-20-48(33)39(50)26(3)4/h7-9,12-13,16-19,22-26,33-35H,3,5-6,10-11,14-15,20-21H2,1-2,4H3,(H,43,45)(H,44,46)/t26-,33-,34-,35+/m0/s1. The van der Waals surface area contributed by atoms with Crippen molar-refractivity contribution in [2.45, 2.75) is 64.6 Å². The van der Waals surface area contributed by atoms with Crippen LogP contribution in [0.2, 0.25) is 0 Å². The highest BCUT2D eigenvalue weighted by Gasteiger charge is 2.38. The number of hydrogen-bond acceptors (Lipinski definition) is 7. The van der Waals surface area contributed by atoms with E-state index in [9.17, 15) is 9.59 Å². The van der Waals surface area contributed by atoms with Gasteiger partial charge < -0.3 is 19.8 Å². The summed E-state index contributed by atoms with van der Waals surface area (Å²) in [5.74, 6) is 2.11. The molecule has 7 rings (SSSR count). The minimum absolute atomic E-state index is 0.0534. The molecule has 0 unspecified atom stereocenters. The van der Waals surface area contributed by atoms with Crippen molar-refractivity contribution >= 4 is 11.8 Å². The lowest BCUT2D eigenvalue weighted by Gasteiger charge is -2.34. The van der Waals surface area contributed by atoms with Gasteiger partial charge in [-0.2, -0.15) is 0 Å². The molecule has 2 aliphatic rings. The molecule has 4 atom stereocenters. The Labute approximate surface area is 299 Å². The Morgan fingerprint density at radius 1 is 0.745 bits per heavy atom. The van der Waals surface area contributed by atoms with Crippen molar-refractivity contribution < 1.29 is 9.59 Å². The molecule has 5 heterocycles. The van der Waals surface area contributed by atoms with Gasteiger partial charge in [0.05, 0.1) is 35.9 Å². The molecule has 2 saturated heterocycles. The average molecular weight is 685 g/mol. The second-order valence-corrected chi connectivity index (χ2v) is 13.6. The number of H-pyrrole nitrogens is 2. The highest BCUT2D eigenvalue weighted by Crippen LogP contribution is 2.36. The molecule has 0 spiro atoms. The Morgan fingerprint density at radius 3 is 1.82 bits per heavy atom. The van der Waals surface area contributed by atoms with Crippen LogP contribution in [0.5, 0.6) is 0 Å². The van der Waals surface area contributed by atoms with Crippen molar-refractivity contribution in [1.29, 1.82) is 0 Å². The lowest BCUT2D eigenvalue weighted by molar-refractivity contribution is -0.138. The monoisotopic (exact) mass is 684 g/mol. The highest BCUT2D eigenvalue weighted by atomic mass is 16.2. The fourth-order valence-electron chi connectivity index (χ4n) is 7.52.